The van der Waals surface area contributed by atoms with Crippen molar-refractivity contribution < 1.29 is 28.6 Å². The second-order valence-corrected chi connectivity index (χ2v) is 6.62. The Hall–Kier alpha value is -3.44. The third-order valence-electron chi connectivity index (χ3n) is 3.22. The Morgan fingerprint density at radius 1 is 1.18 bits per heavy atom. The molecule has 154 valence electrons. The van der Waals surface area contributed by atoms with Gasteiger partial charge in [-0.15, -0.1) is 0 Å². The minimum absolute atomic E-state index is 0.0238. The number of ether oxygens (including phenoxy) is 3. The molecular formula is C16H23N5O7. The van der Waals surface area contributed by atoms with Crippen LogP contribution in [0.2, 0.25) is 0 Å². The Balaban J connectivity index is 1.74. The van der Waals surface area contributed by atoms with E-state index in [9.17, 15) is 19.2 Å². The van der Waals surface area contributed by atoms with Gasteiger partial charge in [0.2, 0.25) is 18.0 Å². The van der Waals surface area contributed by atoms with Gasteiger partial charge < -0.3 is 35.6 Å². The Bertz CT molecular complexity index is 800. The predicted octanol–water partition coefficient (Wildman–Crippen LogP) is -0.320. The summed E-state index contributed by atoms with van der Waals surface area (Å²) in [6.07, 6.45) is -0.0280. The Morgan fingerprint density at radius 2 is 1.86 bits per heavy atom. The zero-order valence-electron chi connectivity index (χ0n) is 15.8. The molecule has 1 aliphatic heterocycles. The smallest absolute Gasteiger partial charge is 0.410 e. The molecule has 1 aliphatic rings. The molecule has 2 heterocycles. The van der Waals surface area contributed by atoms with E-state index < -0.39 is 35.9 Å². The third kappa shape index (κ3) is 6.07. The minimum atomic E-state index is -0.821. The molecule has 0 atom stereocenters. The van der Waals surface area contributed by atoms with Crippen LogP contribution in [0.15, 0.2) is 17.1 Å². The van der Waals surface area contributed by atoms with E-state index in [1.165, 1.54) is 16.9 Å². The number of amides is 3. The van der Waals surface area contributed by atoms with E-state index in [4.69, 9.17) is 14.2 Å². The molecule has 0 radical (unpaired) electrons. The summed E-state index contributed by atoms with van der Waals surface area (Å²) in [7, 11) is 0. The highest BCUT2D eigenvalue weighted by Crippen LogP contribution is 2.14. The maximum absolute atomic E-state index is 11.9. The average molecular weight is 397 g/mol. The maximum Gasteiger partial charge on any atom is 0.410 e. The number of nitrogens with one attached hydrogen (secondary N) is 4. The van der Waals surface area contributed by atoms with Gasteiger partial charge in [0.15, 0.2) is 5.69 Å². The van der Waals surface area contributed by atoms with E-state index in [2.05, 4.69) is 21.4 Å². The van der Waals surface area contributed by atoms with Gasteiger partial charge in [0.05, 0.1) is 0 Å². The highest BCUT2D eigenvalue weighted by Gasteiger charge is 2.23. The number of pyridine rings is 1. The molecule has 3 amide bonds. The fourth-order valence-electron chi connectivity index (χ4n) is 2.13. The molecule has 0 aromatic carbocycles. The van der Waals surface area contributed by atoms with Gasteiger partial charge >= 0.3 is 12.2 Å². The van der Waals surface area contributed by atoms with Crippen LogP contribution in [0.4, 0.5) is 9.59 Å². The van der Waals surface area contributed by atoms with Crippen molar-refractivity contribution >= 4 is 18.1 Å². The molecule has 12 heteroatoms. The van der Waals surface area contributed by atoms with Gasteiger partial charge in [0, 0.05) is 25.4 Å². The van der Waals surface area contributed by atoms with Crippen molar-refractivity contribution in [2.75, 3.05) is 32.0 Å². The van der Waals surface area contributed by atoms with Gasteiger partial charge in [-0.1, -0.05) is 0 Å². The summed E-state index contributed by atoms with van der Waals surface area (Å²) in [6, 6.07) is 1.22. The molecule has 1 aromatic heterocycles. The Labute approximate surface area is 160 Å². The van der Waals surface area contributed by atoms with Crippen LogP contribution in [0.1, 0.15) is 31.3 Å². The van der Waals surface area contributed by atoms with Crippen LogP contribution in [0, 0.1) is 0 Å². The molecule has 0 bridgehead atoms. The van der Waals surface area contributed by atoms with Crippen LogP contribution < -0.4 is 31.5 Å². The van der Waals surface area contributed by atoms with Crippen LogP contribution in [-0.4, -0.2) is 54.9 Å². The lowest BCUT2D eigenvalue weighted by Crippen LogP contribution is -2.43. The van der Waals surface area contributed by atoms with Crippen LogP contribution in [0.25, 0.3) is 0 Å². The molecular weight excluding hydrogens is 374 g/mol. The molecule has 0 aliphatic carbocycles. The zero-order chi connectivity index (χ0) is 20.7. The average Bonchev–Trinajstić information content (AvgIpc) is 2.59. The van der Waals surface area contributed by atoms with Crippen molar-refractivity contribution in [1.29, 1.82) is 0 Å². The van der Waals surface area contributed by atoms with Gasteiger partial charge in [0.25, 0.3) is 5.91 Å². The number of carbonyl (C=O) groups excluding carboxylic acids is 3. The molecule has 28 heavy (non-hydrogen) atoms. The van der Waals surface area contributed by atoms with Crippen molar-refractivity contribution in [3.05, 3.63) is 28.2 Å². The van der Waals surface area contributed by atoms with Gasteiger partial charge in [-0.25, -0.2) is 9.59 Å². The highest BCUT2D eigenvalue weighted by atomic mass is 16.7. The largest absolute Gasteiger partial charge is 0.451 e. The molecule has 2 rings (SSSR count). The van der Waals surface area contributed by atoms with Crippen molar-refractivity contribution in [3.63, 3.8) is 0 Å². The monoisotopic (exact) mass is 397 g/mol. The van der Waals surface area contributed by atoms with E-state index in [0.717, 1.165) is 0 Å². The van der Waals surface area contributed by atoms with Gasteiger partial charge in [-0.05, 0) is 20.8 Å². The number of alkyl carbamates (subject to hydrolysis) is 2. The lowest BCUT2D eigenvalue weighted by Gasteiger charge is -2.22. The SMILES string of the molecule is CC(C)(C)OC(=O)NCCNC(=O)OCOc1c2n(ccc1=O)NCNC2=O. The minimum Gasteiger partial charge on any atom is -0.451 e. The first-order valence-electron chi connectivity index (χ1n) is 8.45. The number of aromatic nitrogens is 1. The van der Waals surface area contributed by atoms with E-state index >= 15 is 0 Å². The number of nitrogens with zero attached hydrogens (tertiary/aromatic N) is 1. The summed E-state index contributed by atoms with van der Waals surface area (Å²) in [5.74, 6) is -0.740. The summed E-state index contributed by atoms with van der Waals surface area (Å²) in [6.45, 7) is 5.04. The van der Waals surface area contributed by atoms with Crippen LogP contribution in [0.3, 0.4) is 0 Å². The molecule has 0 saturated carbocycles. The zero-order valence-corrected chi connectivity index (χ0v) is 15.8. The van der Waals surface area contributed by atoms with Gasteiger partial charge in [0.1, 0.15) is 12.3 Å². The number of fused-ring (bicyclic) bond motifs is 1. The standard InChI is InChI=1S/C16H23N5O7/c1-16(2,3)28-15(25)18-6-5-17-14(24)27-9-26-12-10(22)4-7-21-11(12)13(23)19-8-20-21/h4,7,20H,5-6,8-9H2,1-3H3,(H,17,24)(H,18,25)(H,19,23). The van der Waals surface area contributed by atoms with Gasteiger partial charge in [-0.2, -0.15) is 0 Å². The first kappa shape index (κ1) is 20.9. The van der Waals surface area contributed by atoms with Gasteiger partial charge in [-0.3, -0.25) is 14.3 Å². The second kappa shape index (κ2) is 8.97. The number of hydrogen-bond acceptors (Lipinski definition) is 8. The first-order valence-corrected chi connectivity index (χ1v) is 8.45. The van der Waals surface area contributed by atoms with Crippen LogP contribution in [0.5, 0.6) is 5.75 Å². The number of rotatable bonds is 6. The number of hydrogen-bond donors (Lipinski definition) is 4. The van der Waals surface area contributed by atoms with Crippen LogP contribution >= 0.6 is 0 Å². The number of carbonyl (C=O) groups is 3. The van der Waals surface area contributed by atoms with Crippen molar-refractivity contribution in [2.45, 2.75) is 26.4 Å². The molecule has 0 fully saturated rings. The third-order valence-corrected chi connectivity index (χ3v) is 3.22. The summed E-state index contributed by atoms with van der Waals surface area (Å²) < 4.78 is 16.4. The quantitative estimate of drug-likeness (QED) is 0.377. The molecule has 1 aromatic rings. The molecule has 0 unspecified atom stereocenters. The van der Waals surface area contributed by atoms with E-state index in [1.54, 1.807) is 20.8 Å². The summed E-state index contributed by atoms with van der Waals surface area (Å²) >= 11 is 0. The van der Waals surface area contributed by atoms with Crippen LogP contribution in [-0.2, 0) is 9.47 Å². The second-order valence-electron chi connectivity index (χ2n) is 6.62. The Morgan fingerprint density at radius 3 is 2.54 bits per heavy atom. The lowest BCUT2D eigenvalue weighted by molar-refractivity contribution is 0.0509. The predicted molar refractivity (Wildman–Crippen MR) is 96.6 cm³/mol. The Kier molecular flexibility index (Phi) is 6.69. The lowest BCUT2D eigenvalue weighted by atomic mass is 10.2. The maximum atomic E-state index is 11.9. The summed E-state index contributed by atoms with van der Waals surface area (Å²) in [4.78, 5) is 46.9. The van der Waals surface area contributed by atoms with E-state index in [0.29, 0.717) is 0 Å². The summed E-state index contributed by atoms with van der Waals surface area (Å²) in [5, 5.41) is 7.36. The van der Waals surface area contributed by atoms with Crippen molar-refractivity contribution in [2.24, 2.45) is 0 Å². The fraction of sp³-hybridized carbons (Fsp3) is 0.500. The molecule has 12 nitrogen and oxygen atoms in total. The normalized spacial score (nSPS) is 12.8. The highest BCUT2D eigenvalue weighted by molar-refractivity contribution is 5.96. The molecule has 0 spiro atoms. The first-order chi connectivity index (χ1) is 13.2. The molecule has 0 saturated heterocycles. The topological polar surface area (TPSA) is 149 Å². The van der Waals surface area contributed by atoms with E-state index in [-0.39, 0.29) is 31.2 Å². The fourth-order valence-corrected chi connectivity index (χ4v) is 2.13. The van der Waals surface area contributed by atoms with E-state index in [1.807, 2.05) is 0 Å². The van der Waals surface area contributed by atoms with Crippen molar-refractivity contribution in [3.8, 4) is 5.75 Å². The summed E-state index contributed by atoms with van der Waals surface area (Å²) in [5.41, 5.74) is 1.65. The molecule has 4 N–H and O–H groups in total. The van der Waals surface area contributed by atoms with Crippen molar-refractivity contribution in [1.82, 2.24) is 20.6 Å².